The largest absolute Gasteiger partial charge is 0.375 e. The number of hydrogen-bond acceptors (Lipinski definition) is 4. The van der Waals surface area contributed by atoms with E-state index in [-0.39, 0.29) is 17.6 Å². The van der Waals surface area contributed by atoms with E-state index >= 15 is 0 Å². The van der Waals surface area contributed by atoms with Crippen LogP contribution >= 0.6 is 11.3 Å². The fourth-order valence-electron chi connectivity index (χ4n) is 2.11. The Bertz CT molecular complexity index is 442. The van der Waals surface area contributed by atoms with Crippen LogP contribution in [0.4, 0.5) is 0 Å². The molecular formula is C13H20N2O2S. The number of thiophene rings is 1. The van der Waals surface area contributed by atoms with Gasteiger partial charge in [-0.05, 0) is 26.8 Å². The molecule has 0 unspecified atom stereocenters. The van der Waals surface area contributed by atoms with Crippen LogP contribution in [0.3, 0.4) is 0 Å². The number of carbonyl (C=O) groups is 1. The molecule has 2 heterocycles. The van der Waals surface area contributed by atoms with Crippen LogP contribution in [0.2, 0.25) is 0 Å². The summed E-state index contributed by atoms with van der Waals surface area (Å²) in [5, 5.41) is 1.83. The predicted octanol–water partition coefficient (Wildman–Crippen LogP) is 1.85. The van der Waals surface area contributed by atoms with Gasteiger partial charge in [-0.25, -0.2) is 0 Å². The maximum absolute atomic E-state index is 11.1. The van der Waals surface area contributed by atoms with Crippen LogP contribution in [-0.2, 0) is 11.3 Å². The van der Waals surface area contributed by atoms with Gasteiger partial charge >= 0.3 is 0 Å². The van der Waals surface area contributed by atoms with E-state index in [1.807, 2.05) is 11.4 Å². The average molecular weight is 268 g/mol. The van der Waals surface area contributed by atoms with Gasteiger partial charge in [0.15, 0.2) is 0 Å². The van der Waals surface area contributed by atoms with Crippen molar-refractivity contribution in [3.05, 3.63) is 21.9 Å². The fraction of sp³-hybridized carbons (Fsp3) is 0.615. The van der Waals surface area contributed by atoms with Gasteiger partial charge in [-0.1, -0.05) is 0 Å². The molecule has 0 aromatic carbocycles. The lowest BCUT2D eigenvalue weighted by molar-refractivity contribution is -0.0946. The zero-order valence-electron chi connectivity index (χ0n) is 11.1. The number of nitrogens with zero attached hydrogens (tertiary/aromatic N) is 1. The first-order chi connectivity index (χ1) is 8.38. The number of amides is 1. The molecule has 2 N–H and O–H groups in total. The smallest absolute Gasteiger partial charge is 0.249 e. The maximum Gasteiger partial charge on any atom is 0.249 e. The second-order valence-corrected chi connectivity index (χ2v) is 6.48. The molecule has 0 radical (unpaired) electrons. The van der Waals surface area contributed by atoms with Crippen LogP contribution in [0.25, 0.3) is 0 Å². The molecule has 0 spiro atoms. The number of primary amides is 1. The molecule has 100 valence electrons. The van der Waals surface area contributed by atoms with E-state index in [2.05, 4.69) is 25.7 Å². The van der Waals surface area contributed by atoms with E-state index in [1.54, 1.807) is 11.3 Å². The minimum atomic E-state index is -0.355. The predicted molar refractivity (Wildman–Crippen MR) is 72.7 cm³/mol. The summed E-state index contributed by atoms with van der Waals surface area (Å²) in [6.07, 6.45) is 0.258. The highest BCUT2D eigenvalue weighted by molar-refractivity contribution is 7.10. The third-order valence-electron chi connectivity index (χ3n) is 3.34. The molecule has 1 saturated heterocycles. The number of morpholine rings is 1. The Kier molecular flexibility index (Phi) is 3.75. The molecule has 1 aliphatic rings. The van der Waals surface area contributed by atoms with Crippen LogP contribution in [0.5, 0.6) is 0 Å². The van der Waals surface area contributed by atoms with Crippen molar-refractivity contribution in [1.82, 2.24) is 4.90 Å². The highest BCUT2D eigenvalue weighted by atomic mass is 32.1. The summed E-state index contributed by atoms with van der Waals surface area (Å²) >= 11 is 1.59. The van der Waals surface area contributed by atoms with Crippen LogP contribution in [0.15, 0.2) is 11.4 Å². The third-order valence-corrected chi connectivity index (χ3v) is 4.26. The summed E-state index contributed by atoms with van der Waals surface area (Å²) in [5.74, 6) is -0.355. The zero-order chi connectivity index (χ0) is 13.3. The Labute approximate surface area is 112 Å². The normalized spacial score (nSPS) is 24.1. The summed E-state index contributed by atoms with van der Waals surface area (Å²) in [5.41, 5.74) is 5.91. The van der Waals surface area contributed by atoms with E-state index in [0.29, 0.717) is 5.56 Å². The van der Waals surface area contributed by atoms with E-state index in [9.17, 15) is 4.79 Å². The lowest BCUT2D eigenvalue weighted by atomic mass is 10.0. The molecule has 1 amide bonds. The van der Waals surface area contributed by atoms with Gasteiger partial charge in [0.1, 0.15) is 0 Å². The lowest BCUT2D eigenvalue weighted by Gasteiger charge is -2.44. The van der Waals surface area contributed by atoms with Crippen LogP contribution in [-0.4, -0.2) is 35.6 Å². The molecule has 1 aromatic rings. The van der Waals surface area contributed by atoms with Crippen molar-refractivity contribution in [3.63, 3.8) is 0 Å². The van der Waals surface area contributed by atoms with Crippen LogP contribution in [0, 0.1) is 0 Å². The van der Waals surface area contributed by atoms with Crippen molar-refractivity contribution in [3.8, 4) is 0 Å². The van der Waals surface area contributed by atoms with Crippen molar-refractivity contribution in [2.45, 2.75) is 39.0 Å². The van der Waals surface area contributed by atoms with Crippen molar-refractivity contribution in [1.29, 1.82) is 0 Å². The summed E-state index contributed by atoms with van der Waals surface area (Å²) in [6.45, 7) is 8.95. The van der Waals surface area contributed by atoms with Gasteiger partial charge < -0.3 is 10.5 Å². The minimum absolute atomic E-state index is 0.0311. The number of carbonyl (C=O) groups excluding carboxylic acids is 1. The molecule has 4 nitrogen and oxygen atoms in total. The van der Waals surface area contributed by atoms with E-state index < -0.39 is 0 Å². The molecular weight excluding hydrogens is 248 g/mol. The highest BCUT2D eigenvalue weighted by Crippen LogP contribution is 2.26. The highest BCUT2D eigenvalue weighted by Gasteiger charge is 2.33. The van der Waals surface area contributed by atoms with E-state index in [0.717, 1.165) is 19.7 Å². The first-order valence-corrected chi connectivity index (χ1v) is 7.00. The monoisotopic (exact) mass is 268 g/mol. The van der Waals surface area contributed by atoms with Gasteiger partial charge in [0.2, 0.25) is 5.91 Å². The average Bonchev–Trinajstić information content (AvgIpc) is 2.73. The molecule has 0 aliphatic carbocycles. The van der Waals surface area contributed by atoms with Crippen molar-refractivity contribution < 1.29 is 9.53 Å². The second kappa shape index (κ2) is 4.99. The van der Waals surface area contributed by atoms with Crippen LogP contribution < -0.4 is 5.73 Å². The van der Waals surface area contributed by atoms with Crippen molar-refractivity contribution >= 4 is 17.2 Å². The minimum Gasteiger partial charge on any atom is -0.375 e. The van der Waals surface area contributed by atoms with Gasteiger partial charge in [-0.2, -0.15) is 0 Å². The van der Waals surface area contributed by atoms with Gasteiger partial charge in [-0.15, -0.1) is 11.3 Å². The fourth-order valence-corrected chi connectivity index (χ4v) is 3.00. The van der Waals surface area contributed by atoms with Crippen molar-refractivity contribution in [2.75, 3.05) is 13.2 Å². The van der Waals surface area contributed by atoms with Gasteiger partial charge in [0.25, 0.3) is 0 Å². The Morgan fingerprint density at radius 3 is 3.00 bits per heavy atom. The second-order valence-electron chi connectivity index (χ2n) is 5.48. The topological polar surface area (TPSA) is 55.6 Å². The lowest BCUT2D eigenvalue weighted by Crippen LogP contribution is -2.54. The molecule has 1 atom stereocenters. The molecule has 1 fully saturated rings. The molecule has 5 heteroatoms. The Morgan fingerprint density at radius 1 is 1.67 bits per heavy atom. The van der Waals surface area contributed by atoms with E-state index in [1.165, 1.54) is 4.88 Å². The standard InChI is InChI=1S/C13H20N2O2S/c1-9-5-15(13(2,3)8-17-9)6-11-4-10(7-18-11)12(14)16/h4,7,9H,5-6,8H2,1-3H3,(H2,14,16)/t9-/m1/s1. The first-order valence-electron chi connectivity index (χ1n) is 6.12. The van der Waals surface area contributed by atoms with E-state index in [4.69, 9.17) is 10.5 Å². The number of hydrogen-bond donors (Lipinski definition) is 1. The molecule has 0 bridgehead atoms. The van der Waals surface area contributed by atoms with Gasteiger partial charge in [-0.3, -0.25) is 9.69 Å². The summed E-state index contributed by atoms with van der Waals surface area (Å²) in [6, 6.07) is 1.89. The van der Waals surface area contributed by atoms with Gasteiger partial charge in [0, 0.05) is 28.9 Å². The quantitative estimate of drug-likeness (QED) is 0.910. The maximum atomic E-state index is 11.1. The molecule has 1 aromatic heterocycles. The SMILES string of the molecule is C[C@@H]1CN(Cc2cc(C(N)=O)cs2)C(C)(C)CO1. The zero-order valence-corrected chi connectivity index (χ0v) is 11.9. The van der Waals surface area contributed by atoms with Gasteiger partial charge in [0.05, 0.1) is 18.3 Å². The molecule has 0 saturated carbocycles. The van der Waals surface area contributed by atoms with Crippen LogP contribution in [0.1, 0.15) is 36.0 Å². The summed E-state index contributed by atoms with van der Waals surface area (Å²) < 4.78 is 5.69. The number of nitrogens with two attached hydrogens (primary N) is 1. The Hall–Kier alpha value is -0.910. The molecule has 2 rings (SSSR count). The Morgan fingerprint density at radius 2 is 2.39 bits per heavy atom. The summed E-state index contributed by atoms with van der Waals surface area (Å²) in [7, 11) is 0. The number of ether oxygens (including phenoxy) is 1. The number of rotatable bonds is 3. The summed E-state index contributed by atoms with van der Waals surface area (Å²) in [4.78, 5) is 14.7. The van der Waals surface area contributed by atoms with Crippen molar-refractivity contribution in [2.24, 2.45) is 5.73 Å². The molecule has 1 aliphatic heterocycles. The Balaban J connectivity index is 2.08. The first kappa shape index (κ1) is 13.5. The molecule has 18 heavy (non-hydrogen) atoms. The third kappa shape index (κ3) is 2.91.